The molecule has 25 heavy (non-hydrogen) atoms. The molecule has 0 unspecified atom stereocenters. The Hall–Kier alpha value is -1.62. The molecular weight excluding hydrogens is 384 g/mol. The van der Waals surface area contributed by atoms with E-state index in [0.717, 1.165) is 30.2 Å². The summed E-state index contributed by atoms with van der Waals surface area (Å²) in [5.41, 5.74) is 1.23. The molecule has 0 spiro atoms. The van der Waals surface area contributed by atoms with Gasteiger partial charge in [-0.3, -0.25) is 4.79 Å². The summed E-state index contributed by atoms with van der Waals surface area (Å²) in [5, 5.41) is 9.46. The number of Topliss-reactive ketones (excluding diaryl/α,β-unsaturated/α-hetero) is 1. The van der Waals surface area contributed by atoms with E-state index in [0.29, 0.717) is 6.42 Å². The number of rotatable bonds is 11. The van der Waals surface area contributed by atoms with E-state index >= 15 is 0 Å². The number of aliphatic hydroxyl groups is 1. The normalized spacial score (nSPS) is 14.0. The number of benzene rings is 1. The molecule has 136 valence electrons. The summed E-state index contributed by atoms with van der Waals surface area (Å²) in [5.74, 6) is -1.21. The highest BCUT2D eigenvalue weighted by molar-refractivity contribution is 9.10. The zero-order valence-corrected chi connectivity index (χ0v) is 16.0. The number of hydrogen-bond acceptors (Lipinski definition) is 4. The van der Waals surface area contributed by atoms with E-state index in [2.05, 4.69) is 44.9 Å². The predicted molar refractivity (Wildman–Crippen MR) is 100 cm³/mol. The molecule has 4 nitrogen and oxygen atoms in total. The van der Waals surface area contributed by atoms with Gasteiger partial charge in [-0.15, -0.1) is 0 Å². The van der Waals surface area contributed by atoms with Crippen LogP contribution >= 0.6 is 15.9 Å². The number of carbonyl (C=O) groups excluding carboxylic acids is 2. The van der Waals surface area contributed by atoms with Gasteiger partial charge >= 0.3 is 5.97 Å². The van der Waals surface area contributed by atoms with Gasteiger partial charge in [0.2, 0.25) is 0 Å². The number of esters is 1. The van der Waals surface area contributed by atoms with E-state index in [1.54, 1.807) is 0 Å². The van der Waals surface area contributed by atoms with Crippen LogP contribution in [0.5, 0.6) is 0 Å². The summed E-state index contributed by atoms with van der Waals surface area (Å²) in [6.07, 6.45) is 9.06. The fourth-order valence-electron chi connectivity index (χ4n) is 2.95. The van der Waals surface area contributed by atoms with Gasteiger partial charge in [0.1, 0.15) is 17.9 Å². The van der Waals surface area contributed by atoms with Crippen LogP contribution in [0.3, 0.4) is 0 Å². The molecule has 1 aromatic rings. The molecule has 0 amide bonds. The fourth-order valence-corrected chi connectivity index (χ4v) is 3.21. The third-order valence-corrected chi connectivity index (χ3v) is 4.92. The Labute approximate surface area is 157 Å². The van der Waals surface area contributed by atoms with Crippen molar-refractivity contribution in [2.45, 2.75) is 57.8 Å². The van der Waals surface area contributed by atoms with Gasteiger partial charge in [-0.2, -0.15) is 0 Å². The van der Waals surface area contributed by atoms with Crippen molar-refractivity contribution in [2.24, 2.45) is 0 Å². The summed E-state index contributed by atoms with van der Waals surface area (Å²) in [6.45, 7) is -0.167. The third-order valence-electron chi connectivity index (χ3n) is 4.39. The Morgan fingerprint density at radius 1 is 1.00 bits per heavy atom. The maximum atomic E-state index is 11.9. The minimum absolute atomic E-state index is 0.145. The summed E-state index contributed by atoms with van der Waals surface area (Å²) in [7, 11) is 0. The quantitative estimate of drug-likeness (QED) is 0.316. The van der Waals surface area contributed by atoms with Crippen LogP contribution in [-0.4, -0.2) is 23.5 Å². The third kappa shape index (κ3) is 6.65. The highest BCUT2D eigenvalue weighted by Crippen LogP contribution is 2.18. The van der Waals surface area contributed by atoms with Gasteiger partial charge in [-0.25, -0.2) is 4.79 Å². The number of ether oxygens (including phenoxy) is 1. The molecule has 0 fully saturated rings. The molecule has 1 heterocycles. The molecule has 0 atom stereocenters. The van der Waals surface area contributed by atoms with Gasteiger partial charge in [0.25, 0.3) is 0 Å². The van der Waals surface area contributed by atoms with E-state index in [1.807, 2.05) is 0 Å². The highest BCUT2D eigenvalue weighted by atomic mass is 79.9. The number of ketones is 1. The Balaban J connectivity index is 1.47. The van der Waals surface area contributed by atoms with Crippen molar-refractivity contribution < 1.29 is 19.4 Å². The van der Waals surface area contributed by atoms with Gasteiger partial charge < -0.3 is 9.84 Å². The number of unbranched alkanes of at least 4 members (excludes halogenated alkanes) is 6. The second-order valence-corrected chi connectivity index (χ2v) is 7.34. The van der Waals surface area contributed by atoms with Gasteiger partial charge in [-0.1, -0.05) is 60.2 Å². The lowest BCUT2D eigenvalue weighted by molar-refractivity contribution is -0.137. The molecule has 0 radical (unpaired) electrons. The lowest BCUT2D eigenvalue weighted by Gasteiger charge is -2.03. The Kier molecular flexibility index (Phi) is 8.19. The van der Waals surface area contributed by atoms with Crippen LogP contribution in [0.1, 0.15) is 56.9 Å². The van der Waals surface area contributed by atoms with Crippen LogP contribution in [0.15, 0.2) is 40.1 Å². The topological polar surface area (TPSA) is 63.6 Å². The van der Waals surface area contributed by atoms with E-state index in [9.17, 15) is 14.7 Å². The zero-order chi connectivity index (χ0) is 18.1. The average Bonchev–Trinajstić information content (AvgIpc) is 2.93. The largest absolute Gasteiger partial charge is 0.508 e. The first-order valence-corrected chi connectivity index (χ1v) is 9.74. The second kappa shape index (κ2) is 10.4. The first-order chi connectivity index (χ1) is 12.1. The van der Waals surface area contributed by atoms with Gasteiger partial charge in [-0.05, 0) is 37.0 Å². The van der Waals surface area contributed by atoms with Crippen LogP contribution in [0.4, 0.5) is 0 Å². The van der Waals surface area contributed by atoms with Gasteiger partial charge in [0, 0.05) is 10.9 Å². The molecule has 1 aliphatic rings. The highest BCUT2D eigenvalue weighted by Gasteiger charge is 2.29. The van der Waals surface area contributed by atoms with E-state index < -0.39 is 5.97 Å². The standard InChI is InChI=1S/C20H25BrO4/c21-16-12-10-15(11-13-16)8-6-4-2-1-3-5-7-9-17(22)19-18(23)14-25-20(19)24/h10-13,23H,1-9,14H2. The minimum atomic E-state index is -0.687. The molecule has 0 saturated carbocycles. The first kappa shape index (κ1) is 19.7. The number of carbonyl (C=O) groups is 2. The van der Waals surface area contributed by atoms with Crippen LogP contribution < -0.4 is 0 Å². The van der Waals surface area contributed by atoms with Gasteiger partial charge in [0.15, 0.2) is 5.78 Å². The van der Waals surface area contributed by atoms with E-state index in [4.69, 9.17) is 0 Å². The number of cyclic esters (lactones) is 1. The zero-order valence-electron chi connectivity index (χ0n) is 14.4. The molecule has 0 aromatic heterocycles. The monoisotopic (exact) mass is 408 g/mol. The summed E-state index contributed by atoms with van der Waals surface area (Å²) in [6, 6.07) is 8.48. The van der Waals surface area contributed by atoms with E-state index in [-0.39, 0.29) is 23.7 Å². The maximum Gasteiger partial charge on any atom is 0.345 e. The predicted octanol–water partition coefficient (Wildman–Crippen LogP) is 5.05. The number of halogens is 1. The van der Waals surface area contributed by atoms with Crippen molar-refractivity contribution in [2.75, 3.05) is 6.61 Å². The lowest BCUT2D eigenvalue weighted by Crippen LogP contribution is -2.10. The van der Waals surface area contributed by atoms with Crippen molar-refractivity contribution in [3.05, 3.63) is 45.6 Å². The molecule has 2 rings (SSSR count). The number of aliphatic hydroxyl groups excluding tert-OH is 1. The molecule has 1 aliphatic heterocycles. The smallest absolute Gasteiger partial charge is 0.345 e. The molecule has 0 bridgehead atoms. The van der Waals surface area contributed by atoms with Crippen LogP contribution in [0.25, 0.3) is 0 Å². The summed E-state index contributed by atoms with van der Waals surface area (Å²) < 4.78 is 5.75. The van der Waals surface area contributed by atoms with Crippen molar-refractivity contribution >= 4 is 27.7 Å². The Morgan fingerprint density at radius 3 is 2.20 bits per heavy atom. The molecule has 5 heteroatoms. The second-order valence-electron chi connectivity index (χ2n) is 6.42. The van der Waals surface area contributed by atoms with E-state index in [1.165, 1.54) is 31.2 Å². The molecule has 0 aliphatic carbocycles. The molecular formula is C20H25BrO4. The van der Waals surface area contributed by atoms with Crippen LogP contribution in [0, 0.1) is 0 Å². The Bertz CT molecular complexity index is 619. The average molecular weight is 409 g/mol. The molecule has 1 aromatic carbocycles. The molecule has 0 saturated heterocycles. The van der Waals surface area contributed by atoms with Crippen molar-refractivity contribution in [1.82, 2.24) is 0 Å². The fraction of sp³-hybridized carbons (Fsp3) is 0.500. The molecule has 1 N–H and O–H groups in total. The maximum absolute atomic E-state index is 11.9. The van der Waals surface area contributed by atoms with Crippen LogP contribution in [-0.2, 0) is 20.7 Å². The lowest BCUT2D eigenvalue weighted by atomic mass is 10.0. The first-order valence-electron chi connectivity index (χ1n) is 8.95. The number of aryl methyl sites for hydroxylation is 1. The van der Waals surface area contributed by atoms with Crippen LogP contribution in [0.2, 0.25) is 0 Å². The Morgan fingerprint density at radius 2 is 1.60 bits per heavy atom. The minimum Gasteiger partial charge on any atom is -0.508 e. The van der Waals surface area contributed by atoms with Gasteiger partial charge in [0.05, 0.1) is 0 Å². The SMILES string of the molecule is O=C(CCCCCCCCCc1ccc(Br)cc1)C1=C(O)COC1=O. The van der Waals surface area contributed by atoms with Crippen molar-refractivity contribution in [3.63, 3.8) is 0 Å². The van der Waals surface area contributed by atoms with Crippen molar-refractivity contribution in [1.29, 1.82) is 0 Å². The summed E-state index contributed by atoms with van der Waals surface area (Å²) >= 11 is 3.44. The van der Waals surface area contributed by atoms with Crippen molar-refractivity contribution in [3.8, 4) is 0 Å². The summed E-state index contributed by atoms with van der Waals surface area (Å²) in [4.78, 5) is 23.2. The number of hydrogen-bond donors (Lipinski definition) is 1.